The van der Waals surface area contributed by atoms with E-state index in [1.54, 1.807) is 11.3 Å². The third kappa shape index (κ3) is 5.69. The van der Waals surface area contributed by atoms with Gasteiger partial charge in [0.05, 0.1) is 18.9 Å². The molecule has 4 saturated heterocycles. The van der Waals surface area contributed by atoms with Crippen LogP contribution in [0.4, 0.5) is 0 Å². The summed E-state index contributed by atoms with van der Waals surface area (Å²) in [4.78, 5) is 38.9. The molecule has 228 valence electrons. The van der Waals surface area contributed by atoms with Crippen LogP contribution in [0.2, 0.25) is 0 Å². The highest BCUT2D eigenvalue weighted by atomic mass is 32.1. The summed E-state index contributed by atoms with van der Waals surface area (Å²) in [6.07, 6.45) is 7.18. The molecule has 6 heterocycles. The van der Waals surface area contributed by atoms with Crippen LogP contribution in [0.1, 0.15) is 60.1 Å². The number of aryl methyl sites for hydroxylation is 2. The van der Waals surface area contributed by atoms with Crippen LogP contribution in [0.25, 0.3) is 27.0 Å². The zero-order valence-corrected chi connectivity index (χ0v) is 26.4. The van der Waals surface area contributed by atoms with E-state index >= 15 is 0 Å². The number of amides is 2. The number of rotatable bonds is 8. The van der Waals surface area contributed by atoms with Gasteiger partial charge in [-0.2, -0.15) is 0 Å². The van der Waals surface area contributed by atoms with Gasteiger partial charge in [-0.1, -0.05) is 23.8 Å². The number of thiophene rings is 1. The minimum Gasteiger partial charge on any atom is -0.378 e. The van der Waals surface area contributed by atoms with Crippen LogP contribution in [0.3, 0.4) is 0 Å². The van der Waals surface area contributed by atoms with Gasteiger partial charge in [-0.15, -0.1) is 11.3 Å². The Morgan fingerprint density at radius 3 is 2.37 bits per heavy atom. The van der Waals surface area contributed by atoms with E-state index in [1.165, 1.54) is 33.3 Å². The minimum atomic E-state index is 0.125. The van der Waals surface area contributed by atoms with Gasteiger partial charge in [-0.25, -0.2) is 0 Å². The van der Waals surface area contributed by atoms with E-state index in [0.29, 0.717) is 43.2 Å². The molecule has 2 amide bonds. The number of hydrogen-bond donors (Lipinski definition) is 1. The van der Waals surface area contributed by atoms with Crippen molar-refractivity contribution < 1.29 is 14.3 Å². The number of fused-ring (bicyclic) bond motifs is 3. The molecule has 0 spiro atoms. The Kier molecular flexibility index (Phi) is 7.95. The molecule has 8 heteroatoms. The van der Waals surface area contributed by atoms with Gasteiger partial charge in [-0.3, -0.25) is 9.59 Å². The van der Waals surface area contributed by atoms with Crippen molar-refractivity contribution in [3.63, 3.8) is 0 Å². The lowest BCUT2D eigenvalue weighted by atomic mass is 9.99. The third-order valence-corrected chi connectivity index (χ3v) is 11.3. The van der Waals surface area contributed by atoms with Crippen LogP contribution >= 0.6 is 11.3 Å². The molecule has 4 aliphatic rings. The van der Waals surface area contributed by atoms with Gasteiger partial charge in [0, 0.05) is 60.5 Å². The Balaban J connectivity index is 1.10. The highest BCUT2D eigenvalue weighted by Crippen LogP contribution is 2.42. The Morgan fingerprint density at radius 2 is 1.67 bits per heavy atom. The SMILES string of the molecule is C=C(C(=O)N1C2CCC1CC2)c1cc2c(CCN3CCC(CC(=O)N4CCOCC4)C3)c(-c3cc(C)cc(C)c3)[nH]c2s1. The Labute approximate surface area is 258 Å². The lowest BCUT2D eigenvalue weighted by molar-refractivity contribution is -0.136. The molecule has 1 aromatic carbocycles. The van der Waals surface area contributed by atoms with E-state index in [9.17, 15) is 9.59 Å². The molecule has 0 aliphatic carbocycles. The smallest absolute Gasteiger partial charge is 0.255 e. The number of H-pyrrole nitrogens is 1. The number of nitrogens with zero attached hydrogens (tertiary/aromatic N) is 3. The van der Waals surface area contributed by atoms with Crippen molar-refractivity contribution in [1.82, 2.24) is 19.7 Å². The second-order valence-corrected chi connectivity index (χ2v) is 14.3. The first-order chi connectivity index (χ1) is 20.8. The molecule has 7 rings (SSSR count). The molecule has 0 saturated carbocycles. The lowest BCUT2D eigenvalue weighted by Crippen LogP contribution is -2.41. The average Bonchev–Trinajstić information content (AvgIpc) is 3.83. The van der Waals surface area contributed by atoms with E-state index in [2.05, 4.69) is 59.5 Å². The van der Waals surface area contributed by atoms with Gasteiger partial charge in [0.25, 0.3) is 5.91 Å². The molecule has 0 radical (unpaired) electrons. The van der Waals surface area contributed by atoms with Gasteiger partial charge in [0.15, 0.2) is 0 Å². The maximum Gasteiger partial charge on any atom is 0.255 e. The summed E-state index contributed by atoms with van der Waals surface area (Å²) in [5, 5.41) is 1.21. The van der Waals surface area contributed by atoms with Crippen LogP contribution in [0.5, 0.6) is 0 Å². The van der Waals surface area contributed by atoms with Gasteiger partial charge >= 0.3 is 0 Å². The van der Waals surface area contributed by atoms with Gasteiger partial charge in [0.1, 0.15) is 4.83 Å². The number of benzene rings is 1. The predicted octanol–water partition coefficient (Wildman–Crippen LogP) is 5.79. The van der Waals surface area contributed by atoms with Gasteiger partial charge in [-0.05, 0) is 94.2 Å². The standard InChI is InChI=1S/C35H44N4O3S/c1-22-16-23(2)18-26(17-22)33-29(9-11-37-10-8-25(21-37)19-32(40)38-12-14-42-15-13-38)30-20-31(43-34(30)36-33)24(3)35(41)39-27-4-5-28(39)7-6-27/h16-18,20,25,27-28,36H,3-15,19,21H2,1-2H3. The molecule has 3 aromatic rings. The van der Waals surface area contributed by atoms with Crippen LogP contribution in [0.15, 0.2) is 30.8 Å². The first-order valence-corrected chi connectivity index (χ1v) is 17.0. The fourth-order valence-corrected chi connectivity index (χ4v) is 9.10. The van der Waals surface area contributed by atoms with Gasteiger partial charge in [0.2, 0.25) is 5.91 Å². The molecule has 4 aliphatic heterocycles. The van der Waals surface area contributed by atoms with Gasteiger partial charge < -0.3 is 24.4 Å². The highest BCUT2D eigenvalue weighted by Gasteiger charge is 2.43. The maximum atomic E-state index is 13.5. The third-order valence-electron chi connectivity index (χ3n) is 10.2. The second-order valence-electron chi connectivity index (χ2n) is 13.3. The molecule has 1 N–H and O–H groups in total. The first kappa shape index (κ1) is 28.8. The summed E-state index contributed by atoms with van der Waals surface area (Å²) >= 11 is 1.67. The van der Waals surface area contributed by atoms with E-state index in [0.717, 1.165) is 81.0 Å². The normalized spacial score (nSPS) is 24.0. The van der Waals surface area contributed by atoms with E-state index in [-0.39, 0.29) is 11.8 Å². The topological polar surface area (TPSA) is 68.9 Å². The number of likely N-dealkylation sites (tertiary alicyclic amines) is 1. The number of carbonyl (C=O) groups excluding carboxylic acids is 2. The lowest BCUT2D eigenvalue weighted by Gasteiger charge is -2.27. The monoisotopic (exact) mass is 600 g/mol. The molecule has 2 aromatic heterocycles. The quantitative estimate of drug-likeness (QED) is 0.332. The highest BCUT2D eigenvalue weighted by molar-refractivity contribution is 7.20. The summed E-state index contributed by atoms with van der Waals surface area (Å²) in [5.74, 6) is 0.824. The number of aromatic nitrogens is 1. The largest absolute Gasteiger partial charge is 0.378 e. The molecule has 43 heavy (non-hydrogen) atoms. The van der Waals surface area contributed by atoms with Crippen LogP contribution in [-0.2, 0) is 20.7 Å². The molecular formula is C35H44N4O3S. The summed E-state index contributed by atoms with van der Waals surface area (Å²) in [5.41, 5.74) is 6.87. The van der Waals surface area contributed by atoms with E-state index < -0.39 is 0 Å². The summed E-state index contributed by atoms with van der Waals surface area (Å²) in [6, 6.07) is 9.77. The number of ether oxygens (including phenoxy) is 1. The second kappa shape index (κ2) is 11.9. The summed E-state index contributed by atoms with van der Waals surface area (Å²) in [7, 11) is 0. The molecule has 1 unspecified atom stereocenters. The molecule has 1 atom stereocenters. The first-order valence-electron chi connectivity index (χ1n) is 16.2. The fourth-order valence-electron chi connectivity index (χ4n) is 8.05. The minimum absolute atomic E-state index is 0.125. The molecular weight excluding hydrogens is 556 g/mol. The molecule has 4 fully saturated rings. The Bertz CT molecular complexity index is 1510. The van der Waals surface area contributed by atoms with Crippen molar-refractivity contribution in [2.75, 3.05) is 45.9 Å². The van der Waals surface area contributed by atoms with Crippen molar-refractivity contribution >= 4 is 38.9 Å². The summed E-state index contributed by atoms with van der Waals surface area (Å²) < 4.78 is 5.42. The van der Waals surface area contributed by atoms with E-state index in [1.807, 2.05) is 4.90 Å². The Morgan fingerprint density at radius 1 is 0.977 bits per heavy atom. The van der Waals surface area contributed by atoms with Crippen LogP contribution in [0, 0.1) is 19.8 Å². The zero-order valence-electron chi connectivity index (χ0n) is 25.6. The Hall–Kier alpha value is -2.94. The van der Waals surface area contributed by atoms with Crippen molar-refractivity contribution in [1.29, 1.82) is 0 Å². The predicted molar refractivity (Wildman–Crippen MR) is 173 cm³/mol. The number of morpholine rings is 1. The molecule has 2 bridgehead atoms. The number of hydrogen-bond acceptors (Lipinski definition) is 5. The number of carbonyl (C=O) groups is 2. The van der Waals surface area contributed by atoms with Crippen molar-refractivity contribution in [3.05, 3.63) is 52.4 Å². The fraction of sp³-hybridized carbons (Fsp3) is 0.543. The van der Waals surface area contributed by atoms with Crippen molar-refractivity contribution in [3.8, 4) is 11.3 Å². The number of nitrogens with one attached hydrogen (secondary N) is 1. The maximum absolute atomic E-state index is 13.5. The zero-order chi connectivity index (χ0) is 29.7. The van der Waals surface area contributed by atoms with Crippen molar-refractivity contribution in [2.45, 2.75) is 70.9 Å². The number of aromatic amines is 1. The molecule has 7 nitrogen and oxygen atoms in total. The van der Waals surface area contributed by atoms with E-state index in [4.69, 9.17) is 4.74 Å². The van der Waals surface area contributed by atoms with Crippen LogP contribution < -0.4 is 0 Å². The van der Waals surface area contributed by atoms with Crippen LogP contribution in [-0.4, -0.2) is 89.5 Å². The summed E-state index contributed by atoms with van der Waals surface area (Å²) in [6.45, 7) is 14.3. The van der Waals surface area contributed by atoms with Crippen molar-refractivity contribution in [2.24, 2.45) is 5.92 Å². The average molecular weight is 601 g/mol.